The number of alkyl halides is 3. The quantitative estimate of drug-likeness (QED) is 0.407. The summed E-state index contributed by atoms with van der Waals surface area (Å²) in [7, 11) is -3.06. The molecule has 0 bridgehead atoms. The van der Waals surface area contributed by atoms with Crippen molar-refractivity contribution in [2.45, 2.75) is 25.1 Å². The maximum Gasteiger partial charge on any atom is 0.573 e. The predicted octanol–water partition coefficient (Wildman–Crippen LogP) is 5.15. The molecule has 8 nitrogen and oxygen atoms in total. The van der Waals surface area contributed by atoms with Gasteiger partial charge in [0, 0.05) is 35.6 Å². The van der Waals surface area contributed by atoms with E-state index in [1.54, 1.807) is 0 Å². The summed E-state index contributed by atoms with van der Waals surface area (Å²) in [5, 5.41) is 2.46. The maximum absolute atomic E-state index is 13.8. The average Bonchev–Trinajstić information content (AvgIpc) is 3.65. The number of carbonyl (C=O) groups is 2. The molecule has 2 amide bonds. The van der Waals surface area contributed by atoms with E-state index in [4.69, 9.17) is 19.3 Å². The van der Waals surface area contributed by atoms with Crippen LogP contribution in [0.3, 0.4) is 0 Å². The third-order valence-electron chi connectivity index (χ3n) is 5.10. The van der Waals surface area contributed by atoms with Gasteiger partial charge in [-0.2, -0.15) is 0 Å². The summed E-state index contributed by atoms with van der Waals surface area (Å²) in [4.78, 5) is 28.8. The number of nitrogens with zero attached hydrogens (tertiary/aromatic N) is 1. The minimum absolute atomic E-state index is 0.0208. The van der Waals surface area contributed by atoms with Gasteiger partial charge in [0.2, 0.25) is 0 Å². The Morgan fingerprint density at radius 3 is 2.53 bits per heavy atom. The lowest BCUT2D eigenvalue weighted by Crippen LogP contribution is -2.17. The van der Waals surface area contributed by atoms with Crippen molar-refractivity contribution in [3.8, 4) is 23.0 Å². The van der Waals surface area contributed by atoms with Crippen molar-refractivity contribution in [3.63, 3.8) is 0 Å². The van der Waals surface area contributed by atoms with Crippen molar-refractivity contribution >= 4 is 17.5 Å². The van der Waals surface area contributed by atoms with Gasteiger partial charge in [-0.05, 0) is 43.2 Å². The highest BCUT2D eigenvalue weighted by Crippen LogP contribution is 2.42. The van der Waals surface area contributed by atoms with E-state index in [9.17, 15) is 27.2 Å². The number of aromatic nitrogens is 1. The van der Waals surface area contributed by atoms with Crippen molar-refractivity contribution in [1.82, 2.24) is 4.98 Å². The molecule has 1 aromatic heterocycles. The van der Waals surface area contributed by atoms with E-state index >= 15 is 0 Å². The predicted molar refractivity (Wildman–Crippen MR) is 119 cm³/mol. The molecule has 0 saturated heterocycles. The monoisotopic (exact) mass is 508 g/mol. The first-order valence-corrected chi connectivity index (χ1v) is 10.4. The van der Waals surface area contributed by atoms with Crippen LogP contribution in [0.5, 0.6) is 23.0 Å². The number of benzene rings is 2. The third-order valence-corrected chi connectivity index (χ3v) is 5.10. The van der Waals surface area contributed by atoms with Crippen LogP contribution in [-0.4, -0.2) is 30.2 Å². The molecule has 0 atom stereocenters. The smallest absolute Gasteiger partial charge is 0.493 e. The van der Waals surface area contributed by atoms with Crippen molar-refractivity contribution < 1.29 is 45.5 Å². The first kappa shape index (κ1) is 21.0. The Kier molecular flexibility index (Phi) is 5.66. The van der Waals surface area contributed by atoms with Crippen molar-refractivity contribution in [1.29, 1.82) is 0 Å². The van der Waals surface area contributed by atoms with Gasteiger partial charge in [-0.25, -0.2) is 4.39 Å². The number of methoxy groups -OCH3 is 1. The lowest BCUT2D eigenvalue weighted by Gasteiger charge is -2.16. The molecule has 1 saturated carbocycles. The summed E-state index contributed by atoms with van der Waals surface area (Å²) in [5.41, 5.74) is 5.10. The number of halogens is 4. The van der Waals surface area contributed by atoms with Gasteiger partial charge in [-0.15, -0.1) is 13.2 Å². The first-order chi connectivity index (χ1) is 18.2. The Morgan fingerprint density at radius 1 is 1.08 bits per heavy atom. The van der Waals surface area contributed by atoms with Crippen LogP contribution in [0.15, 0.2) is 48.7 Å². The molecule has 0 spiro atoms. The normalized spacial score (nSPS) is 14.7. The van der Waals surface area contributed by atoms with E-state index in [0.29, 0.717) is 11.8 Å². The summed E-state index contributed by atoms with van der Waals surface area (Å²) in [5.74, 6) is -4.48. The molecule has 3 aromatic rings. The van der Waals surface area contributed by atoms with Crippen LogP contribution in [0.2, 0.25) is 0 Å². The van der Waals surface area contributed by atoms with Crippen LogP contribution >= 0.6 is 0 Å². The molecule has 12 heteroatoms. The van der Waals surface area contributed by atoms with Crippen LogP contribution in [0, 0.1) is 5.82 Å². The molecule has 0 unspecified atom stereocenters. The van der Waals surface area contributed by atoms with Gasteiger partial charge in [0.25, 0.3) is 11.8 Å². The van der Waals surface area contributed by atoms with Gasteiger partial charge in [0.1, 0.15) is 22.9 Å². The summed E-state index contributed by atoms with van der Waals surface area (Å²) in [6.07, 6.45) is -2.19. The Balaban J connectivity index is 1.70. The molecular weight excluding hydrogens is 486 g/mol. The van der Waals surface area contributed by atoms with Crippen LogP contribution in [-0.2, 0) is 0 Å². The third kappa shape index (κ3) is 5.82. The average molecular weight is 508 g/mol. The zero-order chi connectivity index (χ0) is 28.5. The molecule has 0 aliphatic heterocycles. The molecule has 1 fully saturated rings. The number of ether oxygens (including phenoxy) is 3. The van der Waals surface area contributed by atoms with E-state index in [-0.39, 0.29) is 28.7 Å². The number of nitrogens with two attached hydrogens (primary N) is 1. The summed E-state index contributed by atoms with van der Waals surface area (Å²) >= 11 is 0. The number of amides is 2. The van der Waals surface area contributed by atoms with Crippen LogP contribution in [0.1, 0.15) is 49.3 Å². The maximum atomic E-state index is 13.8. The molecule has 1 heterocycles. The molecule has 1 aliphatic rings. The number of hydrogen-bond donors (Lipinski definition) is 2. The SMILES string of the molecule is [2H]C([2H])([2H])Oc1cc(OC(F)(F)F)ccc1Oc1cc(C2CC2)ncc1C(=O)Nc1ccc(F)c(C(N)=O)c1. The molecule has 188 valence electrons. The molecule has 4 rings (SSSR count). The number of hydrogen-bond acceptors (Lipinski definition) is 6. The Morgan fingerprint density at radius 2 is 1.86 bits per heavy atom. The Hall–Kier alpha value is -4.35. The fourth-order valence-corrected chi connectivity index (χ4v) is 3.27. The van der Waals surface area contributed by atoms with E-state index in [2.05, 4.69) is 15.0 Å². The van der Waals surface area contributed by atoms with Crippen molar-refractivity contribution in [3.05, 3.63) is 71.3 Å². The number of rotatable bonds is 8. The highest BCUT2D eigenvalue weighted by Gasteiger charge is 2.32. The zero-order valence-corrected chi connectivity index (χ0v) is 18.2. The number of primary amides is 1. The molecular formula is C24H19F4N3O5. The zero-order valence-electron chi connectivity index (χ0n) is 21.2. The Labute approximate surface area is 206 Å². The van der Waals surface area contributed by atoms with Gasteiger partial charge >= 0.3 is 6.36 Å². The van der Waals surface area contributed by atoms with Crippen molar-refractivity contribution in [2.24, 2.45) is 5.73 Å². The van der Waals surface area contributed by atoms with E-state index in [1.165, 1.54) is 18.3 Å². The van der Waals surface area contributed by atoms with E-state index in [1.807, 2.05) is 0 Å². The van der Waals surface area contributed by atoms with Gasteiger partial charge in [-0.3, -0.25) is 14.6 Å². The minimum Gasteiger partial charge on any atom is -0.493 e. The first-order valence-electron chi connectivity index (χ1n) is 11.9. The Bertz CT molecular complexity index is 1430. The molecule has 0 radical (unpaired) electrons. The summed E-state index contributed by atoms with van der Waals surface area (Å²) < 4.78 is 88.4. The summed E-state index contributed by atoms with van der Waals surface area (Å²) in [6.45, 7) is 0. The molecule has 2 aromatic carbocycles. The van der Waals surface area contributed by atoms with Crippen LogP contribution in [0.25, 0.3) is 0 Å². The fourth-order valence-electron chi connectivity index (χ4n) is 3.27. The topological polar surface area (TPSA) is 113 Å². The highest BCUT2D eigenvalue weighted by atomic mass is 19.4. The number of pyridine rings is 1. The minimum atomic E-state index is -5.05. The fraction of sp³-hybridized carbons (Fsp3) is 0.208. The molecule has 1 aliphatic carbocycles. The lowest BCUT2D eigenvalue weighted by molar-refractivity contribution is -0.274. The second-order valence-corrected chi connectivity index (χ2v) is 7.75. The van der Waals surface area contributed by atoms with Crippen LogP contribution < -0.4 is 25.3 Å². The van der Waals surface area contributed by atoms with E-state index < -0.39 is 48.1 Å². The second kappa shape index (κ2) is 9.72. The van der Waals surface area contributed by atoms with Crippen LogP contribution in [0.4, 0.5) is 23.2 Å². The van der Waals surface area contributed by atoms with Gasteiger partial charge in [0.05, 0.1) is 16.7 Å². The molecule has 3 N–H and O–H groups in total. The largest absolute Gasteiger partial charge is 0.573 e. The highest BCUT2D eigenvalue weighted by molar-refractivity contribution is 6.06. The standard InChI is InChI=1S/C24H19F4N3O5/c1-34-21-9-14(36-24(26,27)28)5-7-19(21)35-20-10-18(12-2-3-12)30-11-16(20)23(33)31-13-4-6-17(25)15(8-13)22(29)32/h4-12H,2-3H2,1H3,(H2,29,32)(H,31,33)/i1D3. The summed E-state index contributed by atoms with van der Waals surface area (Å²) in [6, 6.07) is 7.14. The van der Waals surface area contributed by atoms with Gasteiger partial charge in [0.15, 0.2) is 11.5 Å². The van der Waals surface area contributed by atoms with Crippen molar-refractivity contribution in [2.75, 3.05) is 12.4 Å². The second-order valence-electron chi connectivity index (χ2n) is 7.75. The number of nitrogens with one attached hydrogen (secondary N) is 1. The number of anilines is 1. The van der Waals surface area contributed by atoms with E-state index in [0.717, 1.165) is 37.1 Å². The lowest BCUT2D eigenvalue weighted by atomic mass is 10.1. The molecule has 36 heavy (non-hydrogen) atoms. The van der Waals surface area contributed by atoms with Gasteiger partial charge in [-0.1, -0.05) is 0 Å². The number of carbonyl (C=O) groups excluding carboxylic acids is 2. The van der Waals surface area contributed by atoms with Gasteiger partial charge < -0.3 is 25.3 Å².